The number of nitro benzene ring substituents is 1. The van der Waals surface area contributed by atoms with E-state index in [1.165, 1.54) is 22.8 Å². The molecule has 0 bridgehead atoms. The summed E-state index contributed by atoms with van der Waals surface area (Å²) in [6.07, 6.45) is -3.06. The van der Waals surface area contributed by atoms with Gasteiger partial charge in [0, 0.05) is 0 Å². The third-order valence-electron chi connectivity index (χ3n) is 5.16. The van der Waals surface area contributed by atoms with Crippen LogP contribution in [0.1, 0.15) is 6.23 Å². The number of fused-ring (bicyclic) bond motifs is 1. The molecule has 1 aromatic carbocycles. The number of nitrogens with two attached hydrogens (primary N) is 1. The summed E-state index contributed by atoms with van der Waals surface area (Å²) in [5.41, 5.74) is 6.62. The molecule has 0 unspecified atom stereocenters. The molecule has 8 N–H and O–H groups in total. The van der Waals surface area contributed by atoms with Crippen molar-refractivity contribution < 1.29 is 64.5 Å². The molecule has 4 atom stereocenters. The number of rotatable bonds is 5. The van der Waals surface area contributed by atoms with E-state index in [0.717, 1.165) is 0 Å². The van der Waals surface area contributed by atoms with E-state index in [1.54, 1.807) is 8.66 Å². The van der Waals surface area contributed by atoms with Crippen molar-refractivity contribution in [2.24, 2.45) is 0 Å². The van der Waals surface area contributed by atoms with Crippen molar-refractivity contribution in [1.82, 2.24) is 7.32 Å². The van der Waals surface area contributed by atoms with Crippen LogP contribution < -0.4 is 18.4 Å². The summed E-state index contributed by atoms with van der Waals surface area (Å²) < 4.78 is 9.69. The normalized spacial score (nSPS) is 23.2. The molecule has 160 valence electrons. The molecule has 0 spiro atoms. The molecule has 3 aromatic rings. The number of H-pyrrole nitrogens is 2. The quantitative estimate of drug-likeness (QED) is 0.0589. The first-order valence-corrected chi connectivity index (χ1v) is 14.8. The molecule has 1 aliphatic heterocycles. The summed E-state index contributed by atoms with van der Waals surface area (Å²) in [7, 11) is 0. The number of nitro groups is 1. The molecule has 1 aliphatic rings. The Morgan fingerprint density at radius 1 is 1.42 bits per heavy atom. The van der Waals surface area contributed by atoms with Crippen molar-refractivity contribution in [3.8, 4) is 5.75 Å². The van der Waals surface area contributed by atoms with Gasteiger partial charge in [-0.25, -0.2) is 0 Å². The van der Waals surface area contributed by atoms with Crippen LogP contribution in [0.5, 0.6) is 5.75 Å². The molecule has 31 heavy (non-hydrogen) atoms. The molecule has 13 nitrogen and oxygen atoms in total. The van der Waals surface area contributed by atoms with Gasteiger partial charge in [0.1, 0.15) is 0 Å². The number of nitrogens with one attached hydrogen (secondary N) is 2. The summed E-state index contributed by atoms with van der Waals surface area (Å²) in [5, 5.41) is 51.4. The third kappa shape index (κ3) is 3.90. The van der Waals surface area contributed by atoms with Crippen LogP contribution in [0.2, 0.25) is 0 Å². The fraction of sp³-hybridized carbons (Fsp3) is 0.312. The van der Waals surface area contributed by atoms with Gasteiger partial charge in [0.15, 0.2) is 0 Å². The van der Waals surface area contributed by atoms with Crippen LogP contribution in [-0.2, 0) is 29.6 Å². The number of benzene rings is 1. The Hall–Kier alpha value is -2.23. The van der Waals surface area contributed by atoms with Crippen molar-refractivity contribution in [2.45, 2.75) is 24.5 Å². The fourth-order valence-electron chi connectivity index (χ4n) is 3.64. The molecular weight excluding hydrogens is 621 g/mol. The van der Waals surface area contributed by atoms with Crippen LogP contribution in [-0.4, -0.2) is 57.6 Å². The number of ether oxygens (including phenoxy) is 1. The van der Waals surface area contributed by atoms with Gasteiger partial charge in [-0.2, -0.15) is 0 Å². The van der Waals surface area contributed by atoms with E-state index >= 15 is 0 Å². The molecule has 15 heteroatoms. The molecular formula is C16H18HgN6O7S+2. The minimum atomic E-state index is -2.52. The molecule has 4 rings (SSSR count). The van der Waals surface area contributed by atoms with Gasteiger partial charge in [-0.1, -0.05) is 0 Å². The van der Waals surface area contributed by atoms with Crippen molar-refractivity contribution in [1.29, 1.82) is 0 Å². The standard InChI is InChI=1S/C10H13N5O4S.C6H4NO3.Hg/c11-10-13-7-4(8(20)14-10)12-2-15(7)9-6(18)5(17)3(1-16)19-9;8-6-3-1-5(2-4-6)7(9)10;/h2-3,5-6,9,16-18H,1H2,(H3,11,13,14,20);1-3,8H;/q;;+1/p+1/t3-,5-,6+,9+;;/m1../s1. The second-order valence-electron chi connectivity index (χ2n) is 7.14. The van der Waals surface area contributed by atoms with Crippen LogP contribution in [0.15, 0.2) is 24.5 Å². The van der Waals surface area contributed by atoms with Gasteiger partial charge < -0.3 is 0 Å². The maximum absolute atomic E-state index is 11.1. The molecule has 0 saturated carbocycles. The number of imidazole rings is 1. The fourth-order valence-corrected chi connectivity index (χ4v) is 10.9. The number of aliphatic hydroxyl groups is 3. The van der Waals surface area contributed by atoms with E-state index in [0.29, 0.717) is 14.2 Å². The van der Waals surface area contributed by atoms with Gasteiger partial charge in [-0.3, -0.25) is 0 Å². The van der Waals surface area contributed by atoms with E-state index in [-0.39, 0.29) is 22.0 Å². The first kappa shape index (κ1) is 22.0. The van der Waals surface area contributed by atoms with Gasteiger partial charge in [0.2, 0.25) is 0 Å². The van der Waals surface area contributed by atoms with E-state index in [1.807, 2.05) is 0 Å². The Bertz CT molecular complexity index is 1230. The summed E-state index contributed by atoms with van der Waals surface area (Å²) in [5.74, 6) is 0.0912. The summed E-state index contributed by atoms with van der Waals surface area (Å²) in [6.45, 7) is -0.485. The van der Waals surface area contributed by atoms with Gasteiger partial charge >= 0.3 is 192 Å². The van der Waals surface area contributed by atoms with Gasteiger partial charge in [0.05, 0.1) is 0 Å². The predicted molar refractivity (Wildman–Crippen MR) is 101 cm³/mol. The van der Waals surface area contributed by atoms with Crippen molar-refractivity contribution in [2.75, 3.05) is 12.3 Å². The van der Waals surface area contributed by atoms with Crippen LogP contribution in [0.4, 0.5) is 11.6 Å². The molecule has 0 amide bonds. The van der Waals surface area contributed by atoms with Gasteiger partial charge in [-0.05, 0) is 0 Å². The van der Waals surface area contributed by atoms with Crippen molar-refractivity contribution >= 4 is 38.1 Å². The molecule has 2 aromatic heterocycles. The first-order chi connectivity index (χ1) is 14.7. The number of hydrogen-bond acceptors (Lipinski definition) is 9. The van der Waals surface area contributed by atoms with Crippen LogP contribution >= 0.6 is 12.2 Å². The van der Waals surface area contributed by atoms with Crippen LogP contribution in [0.3, 0.4) is 0 Å². The Labute approximate surface area is 191 Å². The van der Waals surface area contributed by atoms with E-state index in [9.17, 15) is 30.5 Å². The average molecular weight is 639 g/mol. The Morgan fingerprint density at radius 2 is 2.16 bits per heavy atom. The van der Waals surface area contributed by atoms with Gasteiger partial charge in [0.25, 0.3) is 0 Å². The zero-order chi connectivity index (χ0) is 22.4. The van der Waals surface area contributed by atoms with Crippen LogP contribution in [0, 0.1) is 14.8 Å². The number of aromatic nitrogens is 4. The van der Waals surface area contributed by atoms with Crippen molar-refractivity contribution in [3.05, 3.63) is 39.3 Å². The molecule has 0 radical (unpaired) electrons. The molecule has 3 heterocycles. The van der Waals surface area contributed by atoms with Crippen LogP contribution in [0.25, 0.3) is 11.2 Å². The Morgan fingerprint density at radius 3 is 2.81 bits per heavy atom. The number of aromatic amines is 2. The minimum absolute atomic E-state index is 0.0529. The third-order valence-corrected chi connectivity index (χ3v) is 12.2. The Balaban J connectivity index is 1.86. The predicted octanol–water partition coefficient (Wildman–Crippen LogP) is -2.22. The zero-order valence-electron chi connectivity index (χ0n) is 15.9. The number of aliphatic hydroxyl groups excluding tert-OH is 3. The number of phenolic OH excluding ortho intramolecular Hbond substituents is 1. The topological polar surface area (TPSA) is 198 Å². The Kier molecular flexibility index (Phi) is 5.93. The summed E-state index contributed by atoms with van der Waals surface area (Å²) in [4.78, 5) is 16.3. The summed E-state index contributed by atoms with van der Waals surface area (Å²) >= 11 is 2.89. The van der Waals surface area contributed by atoms with Crippen molar-refractivity contribution in [3.63, 3.8) is 0 Å². The molecule has 1 fully saturated rings. The SMILES string of the molecule is Nc1[nH]c2c(c(=S)[nH+]1)[n]([Hg][c]1cc([N+](=O)[O-])ccc1O)c[n+]2[C@H]1O[C@H](CO)[C@@H](O)[C@@H]1O. The summed E-state index contributed by atoms with van der Waals surface area (Å²) in [6, 6.07) is 3.85. The number of non-ortho nitro benzene ring substituents is 1. The number of nitrogen functional groups attached to an aromatic ring is 1. The molecule has 0 aliphatic carbocycles. The average Bonchev–Trinajstić information content (AvgIpc) is 3.21. The van der Waals surface area contributed by atoms with Gasteiger partial charge in [-0.15, -0.1) is 0 Å². The molecule has 1 saturated heterocycles. The second kappa shape index (κ2) is 8.36. The monoisotopic (exact) mass is 640 g/mol. The van der Waals surface area contributed by atoms with E-state index in [2.05, 4.69) is 9.97 Å². The number of anilines is 1. The van der Waals surface area contributed by atoms with E-state index in [4.69, 9.17) is 22.7 Å². The van der Waals surface area contributed by atoms with E-state index < -0.39 is 60.9 Å². The second-order valence-corrected chi connectivity index (χ2v) is 14.4. The number of nitrogens with zero attached hydrogens (tertiary/aromatic N) is 3. The first-order valence-electron chi connectivity index (χ1n) is 9.15. The number of phenols is 1. The number of hydrogen-bond donors (Lipinski definition) is 6. The zero-order valence-corrected chi connectivity index (χ0v) is 22.2. The number of aromatic hydroxyl groups is 1. The maximum atomic E-state index is 11.1.